The first-order chi connectivity index (χ1) is 13.7. The summed E-state index contributed by atoms with van der Waals surface area (Å²) >= 11 is 1.42. The summed E-state index contributed by atoms with van der Waals surface area (Å²) in [7, 11) is 0. The van der Waals surface area contributed by atoms with Crippen molar-refractivity contribution in [3.63, 3.8) is 0 Å². The molecule has 0 spiro atoms. The maximum Gasteiger partial charge on any atom is 0.258 e. The molecule has 0 atom stereocenters. The first kappa shape index (κ1) is 18.5. The van der Waals surface area contributed by atoms with Gasteiger partial charge in [-0.25, -0.2) is 0 Å². The molecule has 3 aromatic rings. The lowest BCUT2D eigenvalue weighted by Gasteiger charge is -2.30. The second-order valence-electron chi connectivity index (χ2n) is 6.75. The van der Waals surface area contributed by atoms with Crippen LogP contribution in [0.1, 0.15) is 47.1 Å². The molecule has 1 fully saturated rings. The van der Waals surface area contributed by atoms with Crippen LogP contribution in [0.15, 0.2) is 46.6 Å². The molecule has 4 heterocycles. The van der Waals surface area contributed by atoms with Crippen LogP contribution in [0.3, 0.4) is 0 Å². The third-order valence-corrected chi connectivity index (χ3v) is 5.85. The molecule has 144 valence electrons. The van der Waals surface area contributed by atoms with Gasteiger partial charge in [0.05, 0.1) is 4.88 Å². The van der Waals surface area contributed by atoms with E-state index in [9.17, 15) is 9.59 Å². The van der Waals surface area contributed by atoms with Crippen molar-refractivity contribution in [1.82, 2.24) is 20.0 Å². The van der Waals surface area contributed by atoms with Crippen LogP contribution in [-0.2, 0) is 4.79 Å². The van der Waals surface area contributed by atoms with Gasteiger partial charge in [0.15, 0.2) is 11.6 Å². The van der Waals surface area contributed by atoms with Crippen molar-refractivity contribution in [3.8, 4) is 11.5 Å². The summed E-state index contributed by atoms with van der Waals surface area (Å²) in [5.41, 5.74) is 0.844. The first-order valence-corrected chi connectivity index (χ1v) is 10.2. The van der Waals surface area contributed by atoms with Crippen molar-refractivity contribution >= 4 is 23.0 Å². The molecule has 1 aliphatic rings. The number of nitrogens with zero attached hydrogens (tertiary/aromatic N) is 4. The zero-order valence-corrected chi connectivity index (χ0v) is 16.1. The fourth-order valence-corrected chi connectivity index (χ4v) is 4.03. The number of thiophene rings is 1. The number of amides is 1. The van der Waals surface area contributed by atoms with E-state index in [0.717, 1.165) is 18.4 Å². The lowest BCUT2D eigenvalue weighted by molar-refractivity contribution is -0.132. The van der Waals surface area contributed by atoms with Crippen molar-refractivity contribution in [2.45, 2.75) is 31.6 Å². The van der Waals surface area contributed by atoms with E-state index in [1.807, 2.05) is 28.5 Å². The SMILES string of the molecule is O=C(CCC(=O)N1CCC(c2noc(-c3ccncc3)n2)CC1)c1cccs1. The normalized spacial score (nSPS) is 14.9. The van der Waals surface area contributed by atoms with E-state index in [0.29, 0.717) is 29.7 Å². The Kier molecular flexibility index (Phi) is 5.57. The molecule has 8 heteroatoms. The number of likely N-dealkylation sites (tertiary alicyclic amines) is 1. The third-order valence-electron chi connectivity index (χ3n) is 4.94. The van der Waals surface area contributed by atoms with Crippen LogP contribution in [0.5, 0.6) is 0 Å². The Balaban J connectivity index is 1.28. The highest BCUT2D eigenvalue weighted by molar-refractivity contribution is 7.12. The smallest absolute Gasteiger partial charge is 0.258 e. The van der Waals surface area contributed by atoms with E-state index in [4.69, 9.17) is 4.52 Å². The minimum absolute atomic E-state index is 0.0358. The molecular formula is C20H20N4O3S. The minimum Gasteiger partial charge on any atom is -0.343 e. The number of hydrogen-bond acceptors (Lipinski definition) is 7. The number of hydrogen-bond donors (Lipinski definition) is 0. The van der Waals surface area contributed by atoms with Crippen LogP contribution in [-0.4, -0.2) is 44.8 Å². The van der Waals surface area contributed by atoms with Gasteiger partial charge < -0.3 is 9.42 Å². The maximum atomic E-state index is 12.4. The molecule has 1 saturated heterocycles. The molecule has 7 nitrogen and oxygen atoms in total. The van der Waals surface area contributed by atoms with E-state index in [1.165, 1.54) is 11.3 Å². The number of piperidine rings is 1. The van der Waals surface area contributed by atoms with Crippen LogP contribution < -0.4 is 0 Å². The molecule has 0 bridgehead atoms. The van der Waals surface area contributed by atoms with Crippen molar-refractivity contribution in [2.24, 2.45) is 0 Å². The molecule has 0 unspecified atom stereocenters. The molecule has 0 radical (unpaired) electrons. The number of carbonyl (C=O) groups is 2. The van der Waals surface area contributed by atoms with Crippen LogP contribution >= 0.6 is 11.3 Å². The molecule has 0 aromatic carbocycles. The third kappa shape index (κ3) is 4.17. The monoisotopic (exact) mass is 396 g/mol. The average Bonchev–Trinajstić information content (AvgIpc) is 3.45. The summed E-state index contributed by atoms with van der Waals surface area (Å²) in [4.78, 5) is 35.5. The molecule has 0 saturated carbocycles. The Morgan fingerprint density at radius 2 is 1.93 bits per heavy atom. The predicted octanol–water partition coefficient (Wildman–Crippen LogP) is 3.56. The summed E-state index contributed by atoms with van der Waals surface area (Å²) < 4.78 is 5.37. The second kappa shape index (κ2) is 8.43. The zero-order chi connectivity index (χ0) is 19.3. The summed E-state index contributed by atoms with van der Waals surface area (Å²) in [5, 5.41) is 5.99. The van der Waals surface area contributed by atoms with Gasteiger partial charge in [-0.1, -0.05) is 11.2 Å². The Morgan fingerprint density at radius 3 is 2.64 bits per heavy atom. The highest BCUT2D eigenvalue weighted by atomic mass is 32.1. The van der Waals surface area contributed by atoms with Crippen molar-refractivity contribution in [1.29, 1.82) is 0 Å². The summed E-state index contributed by atoms with van der Waals surface area (Å²) in [5.74, 6) is 1.42. The van der Waals surface area contributed by atoms with Crippen LogP contribution in [0.2, 0.25) is 0 Å². The summed E-state index contributed by atoms with van der Waals surface area (Å²) in [6, 6.07) is 7.31. The lowest BCUT2D eigenvalue weighted by atomic mass is 9.96. The Morgan fingerprint density at radius 1 is 1.14 bits per heavy atom. The standard InChI is InChI=1S/C20H20N4O3S/c25-16(17-2-1-13-28-17)3-4-18(26)24-11-7-14(8-12-24)19-22-20(27-23-19)15-5-9-21-10-6-15/h1-2,5-6,9-10,13-14H,3-4,7-8,11-12H2. The molecule has 0 aliphatic carbocycles. The van der Waals surface area contributed by atoms with Gasteiger partial charge in [-0.2, -0.15) is 4.98 Å². The van der Waals surface area contributed by atoms with Crippen molar-refractivity contribution in [2.75, 3.05) is 13.1 Å². The molecule has 1 amide bonds. The molecule has 4 rings (SSSR count). The first-order valence-electron chi connectivity index (χ1n) is 9.29. The van der Waals surface area contributed by atoms with Gasteiger partial charge in [0.1, 0.15) is 0 Å². The number of aromatic nitrogens is 3. The average molecular weight is 396 g/mol. The van der Waals surface area contributed by atoms with E-state index in [-0.39, 0.29) is 30.4 Å². The molecule has 1 aliphatic heterocycles. The van der Waals surface area contributed by atoms with Crippen molar-refractivity contribution < 1.29 is 14.1 Å². The van der Waals surface area contributed by atoms with E-state index in [2.05, 4.69) is 15.1 Å². The Hall–Kier alpha value is -2.87. The second-order valence-corrected chi connectivity index (χ2v) is 7.70. The number of ketones is 1. The number of rotatable bonds is 6. The van der Waals surface area contributed by atoms with Crippen LogP contribution in [0.4, 0.5) is 0 Å². The predicted molar refractivity (Wildman–Crippen MR) is 104 cm³/mol. The van der Waals surface area contributed by atoms with Gasteiger partial charge in [-0.3, -0.25) is 14.6 Å². The zero-order valence-electron chi connectivity index (χ0n) is 15.3. The lowest BCUT2D eigenvalue weighted by Crippen LogP contribution is -2.38. The highest BCUT2D eigenvalue weighted by Crippen LogP contribution is 2.28. The number of carbonyl (C=O) groups excluding carboxylic acids is 2. The summed E-state index contributed by atoms with van der Waals surface area (Å²) in [6.07, 6.45) is 5.48. The van der Waals surface area contributed by atoms with Gasteiger partial charge in [0.2, 0.25) is 5.91 Å². The van der Waals surface area contributed by atoms with E-state index in [1.54, 1.807) is 18.5 Å². The highest BCUT2D eigenvalue weighted by Gasteiger charge is 2.27. The van der Waals surface area contributed by atoms with Crippen molar-refractivity contribution in [3.05, 3.63) is 52.7 Å². The molecule has 3 aromatic heterocycles. The maximum absolute atomic E-state index is 12.4. The molecular weight excluding hydrogens is 376 g/mol. The van der Waals surface area contributed by atoms with E-state index < -0.39 is 0 Å². The van der Waals surface area contributed by atoms with Gasteiger partial charge in [0.25, 0.3) is 5.89 Å². The number of Topliss-reactive ketones (excluding diaryl/α,β-unsaturated/α-hetero) is 1. The number of pyridine rings is 1. The Bertz CT molecular complexity index is 932. The largest absolute Gasteiger partial charge is 0.343 e. The topological polar surface area (TPSA) is 89.2 Å². The Labute approximate surface area is 166 Å². The fourth-order valence-electron chi connectivity index (χ4n) is 3.34. The van der Waals surface area contributed by atoms with Gasteiger partial charge >= 0.3 is 0 Å². The van der Waals surface area contributed by atoms with Gasteiger partial charge in [-0.05, 0) is 36.4 Å². The molecule has 0 N–H and O–H groups in total. The molecule has 28 heavy (non-hydrogen) atoms. The van der Waals surface area contributed by atoms with Gasteiger partial charge in [0, 0.05) is 49.8 Å². The fraction of sp³-hybridized carbons (Fsp3) is 0.350. The van der Waals surface area contributed by atoms with Crippen LogP contribution in [0.25, 0.3) is 11.5 Å². The van der Waals surface area contributed by atoms with Gasteiger partial charge in [-0.15, -0.1) is 11.3 Å². The minimum atomic E-state index is 0.0358. The summed E-state index contributed by atoms with van der Waals surface area (Å²) in [6.45, 7) is 1.30. The van der Waals surface area contributed by atoms with Crippen LogP contribution in [0, 0.1) is 0 Å². The quantitative estimate of drug-likeness (QED) is 0.592. The van der Waals surface area contributed by atoms with E-state index >= 15 is 0 Å².